The Labute approximate surface area is 91.3 Å². The molecular weight excluding hydrogens is 214 g/mol. The van der Waals surface area contributed by atoms with E-state index in [0.29, 0.717) is 5.56 Å². The number of non-ortho nitro benzene ring substituents is 1. The summed E-state index contributed by atoms with van der Waals surface area (Å²) in [4.78, 5) is 20.3. The Morgan fingerprint density at radius 1 is 1.44 bits per heavy atom. The zero-order valence-corrected chi connectivity index (χ0v) is 8.58. The minimum absolute atomic E-state index is 0.102. The highest BCUT2D eigenvalue weighted by Gasteiger charge is 2.26. The van der Waals surface area contributed by atoms with E-state index in [1.54, 1.807) is 0 Å². The summed E-state index contributed by atoms with van der Waals surface area (Å²) in [5, 5.41) is 28.8. The van der Waals surface area contributed by atoms with Crippen LogP contribution in [0.2, 0.25) is 0 Å². The molecule has 86 valence electrons. The molecule has 0 aliphatic heterocycles. The Hall–Kier alpha value is -1.95. The van der Waals surface area contributed by atoms with Crippen LogP contribution in [0.25, 0.3) is 0 Å². The molecule has 0 spiro atoms. The number of nitro groups is 1. The third-order valence-corrected chi connectivity index (χ3v) is 2.20. The number of hydrogen-bond donors (Lipinski definition) is 2. The third kappa shape index (κ3) is 2.77. The number of carbonyl (C=O) groups is 1. The summed E-state index contributed by atoms with van der Waals surface area (Å²) >= 11 is 0. The summed E-state index contributed by atoms with van der Waals surface area (Å²) in [5.41, 5.74) is -1.29. The highest BCUT2D eigenvalue weighted by molar-refractivity contribution is 5.68. The van der Waals surface area contributed by atoms with Crippen LogP contribution in [-0.4, -0.2) is 21.1 Å². The Morgan fingerprint density at radius 2 is 1.94 bits per heavy atom. The lowest BCUT2D eigenvalue weighted by Gasteiger charge is -2.21. The van der Waals surface area contributed by atoms with Gasteiger partial charge in [0.2, 0.25) is 0 Å². The highest BCUT2D eigenvalue weighted by atomic mass is 16.6. The predicted molar refractivity (Wildman–Crippen MR) is 54.9 cm³/mol. The maximum Gasteiger partial charge on any atom is 0.306 e. The zero-order valence-electron chi connectivity index (χ0n) is 8.58. The molecule has 0 heterocycles. The molecular formula is C10H11NO5. The van der Waals surface area contributed by atoms with Crippen molar-refractivity contribution in [1.29, 1.82) is 0 Å². The first-order chi connectivity index (χ1) is 7.33. The molecule has 0 saturated carbocycles. The van der Waals surface area contributed by atoms with Crippen molar-refractivity contribution in [2.45, 2.75) is 18.9 Å². The van der Waals surface area contributed by atoms with Crippen molar-refractivity contribution < 1.29 is 19.9 Å². The average molecular weight is 225 g/mol. The van der Waals surface area contributed by atoms with Gasteiger partial charge >= 0.3 is 5.97 Å². The Balaban J connectivity index is 2.96. The minimum Gasteiger partial charge on any atom is -0.481 e. The van der Waals surface area contributed by atoms with Gasteiger partial charge in [0.1, 0.15) is 0 Å². The van der Waals surface area contributed by atoms with E-state index >= 15 is 0 Å². The second-order valence-corrected chi connectivity index (χ2v) is 3.65. The molecule has 0 unspecified atom stereocenters. The first-order valence-corrected chi connectivity index (χ1v) is 4.52. The number of benzene rings is 1. The van der Waals surface area contributed by atoms with Crippen molar-refractivity contribution in [3.63, 3.8) is 0 Å². The highest BCUT2D eigenvalue weighted by Crippen LogP contribution is 2.26. The first-order valence-electron chi connectivity index (χ1n) is 4.52. The Morgan fingerprint density at radius 3 is 2.31 bits per heavy atom. The number of nitro benzene ring substituents is 1. The summed E-state index contributed by atoms with van der Waals surface area (Å²) < 4.78 is 0. The van der Waals surface area contributed by atoms with Gasteiger partial charge in [-0.3, -0.25) is 14.9 Å². The van der Waals surface area contributed by atoms with Gasteiger partial charge in [0.15, 0.2) is 0 Å². The standard InChI is InChI=1S/C10H11NO5/c1-10(14,6-9(12)13)7-2-4-8(5-3-7)11(15)16/h2-5,14H,6H2,1H3,(H,12,13)/t10-/m0/s1. The lowest BCUT2D eigenvalue weighted by atomic mass is 9.92. The van der Waals surface area contributed by atoms with Crippen LogP contribution in [0, 0.1) is 10.1 Å². The molecule has 16 heavy (non-hydrogen) atoms. The first kappa shape index (κ1) is 12.1. The van der Waals surface area contributed by atoms with Crippen molar-refractivity contribution in [3.8, 4) is 0 Å². The van der Waals surface area contributed by atoms with Crippen molar-refractivity contribution in [2.24, 2.45) is 0 Å². The number of nitrogens with zero attached hydrogens (tertiary/aromatic N) is 1. The fourth-order valence-corrected chi connectivity index (χ4v) is 1.34. The molecule has 1 aromatic rings. The van der Waals surface area contributed by atoms with Gasteiger partial charge in [0.25, 0.3) is 5.69 Å². The molecule has 0 fully saturated rings. The minimum atomic E-state index is -1.53. The molecule has 1 aromatic carbocycles. The van der Waals surface area contributed by atoms with Gasteiger partial charge in [-0.1, -0.05) is 0 Å². The maximum atomic E-state index is 10.5. The van der Waals surface area contributed by atoms with E-state index in [9.17, 15) is 20.0 Å². The van der Waals surface area contributed by atoms with Gasteiger partial charge in [-0.05, 0) is 24.6 Å². The molecule has 1 rings (SSSR count). The van der Waals surface area contributed by atoms with Gasteiger partial charge in [0, 0.05) is 12.1 Å². The molecule has 0 aliphatic carbocycles. The van der Waals surface area contributed by atoms with Crippen molar-refractivity contribution in [1.82, 2.24) is 0 Å². The molecule has 6 nitrogen and oxygen atoms in total. The largest absolute Gasteiger partial charge is 0.481 e. The fourth-order valence-electron chi connectivity index (χ4n) is 1.34. The van der Waals surface area contributed by atoms with Crippen LogP contribution in [0.1, 0.15) is 18.9 Å². The summed E-state index contributed by atoms with van der Waals surface area (Å²) in [5.74, 6) is -1.14. The van der Waals surface area contributed by atoms with Crippen LogP contribution in [0.5, 0.6) is 0 Å². The molecule has 1 atom stereocenters. The van der Waals surface area contributed by atoms with E-state index in [0.717, 1.165) is 0 Å². The Kier molecular flexibility index (Phi) is 3.24. The van der Waals surface area contributed by atoms with E-state index in [4.69, 9.17) is 5.11 Å². The number of hydrogen-bond acceptors (Lipinski definition) is 4. The van der Waals surface area contributed by atoms with Gasteiger partial charge in [-0.15, -0.1) is 0 Å². The number of rotatable bonds is 4. The van der Waals surface area contributed by atoms with Gasteiger partial charge < -0.3 is 10.2 Å². The number of carboxylic acid groups (broad SMARTS) is 1. The molecule has 2 N–H and O–H groups in total. The maximum absolute atomic E-state index is 10.5. The fraction of sp³-hybridized carbons (Fsp3) is 0.300. The summed E-state index contributed by atoms with van der Waals surface area (Å²) in [6, 6.07) is 5.15. The number of carboxylic acids is 1. The topological polar surface area (TPSA) is 101 Å². The Bertz CT molecular complexity index is 410. The van der Waals surface area contributed by atoms with E-state index in [1.165, 1.54) is 31.2 Å². The molecule has 6 heteroatoms. The summed E-state index contributed by atoms with van der Waals surface area (Å²) in [6.07, 6.45) is -0.454. The predicted octanol–water partition coefficient (Wildman–Crippen LogP) is 1.28. The summed E-state index contributed by atoms with van der Waals surface area (Å²) in [6.45, 7) is 1.35. The second kappa shape index (κ2) is 4.28. The van der Waals surface area contributed by atoms with Crippen LogP contribution >= 0.6 is 0 Å². The summed E-state index contributed by atoms with van der Waals surface area (Å²) in [7, 11) is 0. The molecule has 0 bridgehead atoms. The van der Waals surface area contributed by atoms with Crippen molar-refractivity contribution in [3.05, 3.63) is 39.9 Å². The van der Waals surface area contributed by atoms with Gasteiger partial charge in [-0.2, -0.15) is 0 Å². The van der Waals surface area contributed by atoms with Crippen LogP contribution in [0.15, 0.2) is 24.3 Å². The monoisotopic (exact) mass is 225 g/mol. The van der Waals surface area contributed by atoms with Crippen molar-refractivity contribution in [2.75, 3.05) is 0 Å². The molecule has 0 aliphatic rings. The lowest BCUT2D eigenvalue weighted by molar-refractivity contribution is -0.384. The van der Waals surface area contributed by atoms with Crippen molar-refractivity contribution >= 4 is 11.7 Å². The van der Waals surface area contributed by atoms with E-state index in [-0.39, 0.29) is 5.69 Å². The van der Waals surface area contributed by atoms with E-state index < -0.39 is 22.9 Å². The zero-order chi connectivity index (χ0) is 12.3. The average Bonchev–Trinajstić information content (AvgIpc) is 2.16. The lowest BCUT2D eigenvalue weighted by Crippen LogP contribution is -2.24. The quantitative estimate of drug-likeness (QED) is 0.593. The third-order valence-electron chi connectivity index (χ3n) is 2.20. The SMILES string of the molecule is C[C@](O)(CC(=O)O)c1ccc([N+](=O)[O-])cc1. The van der Waals surface area contributed by atoms with Crippen LogP contribution in [0.4, 0.5) is 5.69 Å². The molecule has 0 radical (unpaired) electrons. The molecule has 0 amide bonds. The second-order valence-electron chi connectivity index (χ2n) is 3.65. The molecule has 0 aromatic heterocycles. The smallest absolute Gasteiger partial charge is 0.306 e. The van der Waals surface area contributed by atoms with Crippen LogP contribution in [0.3, 0.4) is 0 Å². The van der Waals surface area contributed by atoms with Gasteiger partial charge in [-0.25, -0.2) is 0 Å². The van der Waals surface area contributed by atoms with E-state index in [2.05, 4.69) is 0 Å². The van der Waals surface area contributed by atoms with Gasteiger partial charge in [0.05, 0.1) is 16.9 Å². The van der Waals surface area contributed by atoms with Crippen LogP contribution < -0.4 is 0 Å². The normalized spacial score (nSPS) is 14.1. The number of aliphatic carboxylic acids is 1. The van der Waals surface area contributed by atoms with Crippen LogP contribution in [-0.2, 0) is 10.4 Å². The molecule has 0 saturated heterocycles. The number of aliphatic hydroxyl groups is 1. The van der Waals surface area contributed by atoms with E-state index in [1.807, 2.05) is 0 Å².